The summed E-state index contributed by atoms with van der Waals surface area (Å²) in [5.41, 5.74) is -0.766. The van der Waals surface area contributed by atoms with Gasteiger partial charge in [0.15, 0.2) is 0 Å². The quantitative estimate of drug-likeness (QED) is 0.727. The second kappa shape index (κ2) is 7.91. The zero-order valence-corrected chi connectivity index (χ0v) is 15.9. The summed E-state index contributed by atoms with van der Waals surface area (Å²) in [6.07, 6.45) is 4.40. The Hall–Kier alpha value is -1.34. The van der Waals surface area contributed by atoms with E-state index in [4.69, 9.17) is 0 Å². The first kappa shape index (κ1) is 20.0. The predicted octanol–water partition coefficient (Wildman–Crippen LogP) is 1.12. The van der Waals surface area contributed by atoms with Crippen LogP contribution in [0.15, 0.2) is 0 Å². The van der Waals surface area contributed by atoms with E-state index in [2.05, 4.69) is 17.6 Å². The van der Waals surface area contributed by atoms with Gasteiger partial charge in [-0.1, -0.05) is 13.3 Å². The van der Waals surface area contributed by atoms with Gasteiger partial charge in [0.25, 0.3) is 5.91 Å². The second-order valence-electron chi connectivity index (χ2n) is 7.40. The lowest BCUT2D eigenvalue weighted by Gasteiger charge is -2.35. The molecule has 0 unspecified atom stereocenters. The van der Waals surface area contributed by atoms with Gasteiger partial charge in [-0.3, -0.25) is 14.5 Å². The third kappa shape index (κ3) is 3.77. The summed E-state index contributed by atoms with van der Waals surface area (Å²) in [4.78, 5) is 40.6. The molecule has 2 heterocycles. The molecule has 3 fully saturated rings. The summed E-state index contributed by atoms with van der Waals surface area (Å²) < 4.78 is 0. The minimum Gasteiger partial charge on any atom is -0.336 e. The van der Waals surface area contributed by atoms with Gasteiger partial charge >= 0.3 is 6.03 Å². The lowest BCUT2D eigenvalue weighted by molar-refractivity contribution is -0.141. The fourth-order valence-corrected chi connectivity index (χ4v) is 4.17. The van der Waals surface area contributed by atoms with Gasteiger partial charge in [-0.25, -0.2) is 4.79 Å². The van der Waals surface area contributed by atoms with Gasteiger partial charge in [-0.2, -0.15) is 0 Å². The number of rotatable bonds is 3. The first-order valence-corrected chi connectivity index (χ1v) is 9.11. The van der Waals surface area contributed by atoms with Crippen LogP contribution in [-0.2, 0) is 9.59 Å². The third-order valence-corrected chi connectivity index (χ3v) is 5.90. The van der Waals surface area contributed by atoms with Crippen LogP contribution >= 0.6 is 12.4 Å². The Morgan fingerprint density at radius 3 is 2.56 bits per heavy atom. The zero-order chi connectivity index (χ0) is 17.3. The molecule has 1 aliphatic carbocycles. The smallest absolute Gasteiger partial charge is 0.325 e. The number of nitrogens with one attached hydrogen (secondary N) is 2. The fraction of sp³-hybridized carbons (Fsp3) is 0.824. The van der Waals surface area contributed by atoms with Crippen molar-refractivity contribution in [2.24, 2.45) is 5.92 Å². The topological polar surface area (TPSA) is 81.8 Å². The molecule has 8 heteroatoms. The van der Waals surface area contributed by atoms with Crippen LogP contribution in [0.25, 0.3) is 0 Å². The van der Waals surface area contributed by atoms with Gasteiger partial charge in [0.05, 0.1) is 0 Å². The fourth-order valence-electron chi connectivity index (χ4n) is 4.17. The number of imide groups is 1. The molecule has 142 valence electrons. The number of carbonyl (C=O) groups excluding carboxylic acids is 3. The Kier molecular flexibility index (Phi) is 6.32. The molecule has 0 aromatic carbocycles. The van der Waals surface area contributed by atoms with E-state index in [0.717, 1.165) is 37.3 Å². The number of piperazine rings is 1. The summed E-state index contributed by atoms with van der Waals surface area (Å²) >= 11 is 0. The normalized spacial score (nSPS) is 32.6. The number of hydrogen-bond acceptors (Lipinski definition) is 4. The van der Waals surface area contributed by atoms with Crippen LogP contribution in [0.4, 0.5) is 4.79 Å². The van der Waals surface area contributed by atoms with Crippen LogP contribution in [0.1, 0.15) is 46.0 Å². The number of hydrogen-bond donors (Lipinski definition) is 2. The van der Waals surface area contributed by atoms with Crippen molar-refractivity contribution in [2.45, 2.75) is 57.5 Å². The Labute approximate surface area is 155 Å². The Balaban J connectivity index is 0.00000225. The van der Waals surface area contributed by atoms with Crippen molar-refractivity contribution < 1.29 is 14.4 Å². The van der Waals surface area contributed by atoms with Crippen LogP contribution in [0.2, 0.25) is 0 Å². The predicted molar refractivity (Wildman–Crippen MR) is 96.5 cm³/mol. The highest BCUT2D eigenvalue weighted by atomic mass is 35.5. The van der Waals surface area contributed by atoms with E-state index in [1.807, 2.05) is 6.92 Å². The number of carbonyl (C=O) groups is 3. The first-order valence-electron chi connectivity index (χ1n) is 9.11. The van der Waals surface area contributed by atoms with Gasteiger partial charge in [0.1, 0.15) is 12.1 Å². The molecule has 1 saturated carbocycles. The van der Waals surface area contributed by atoms with Crippen molar-refractivity contribution >= 4 is 30.3 Å². The standard InChI is InChI=1S/C17H28N4O3.ClH/c1-3-13-4-6-17(7-5-13)15(23)21(16(24)19-17)11-14(22)20-9-8-18-10-12(20)2;/h12-13,18H,3-11H2,1-2H3,(H,19,24);1H/t12-,13?,17?;/m0./s1. The minimum absolute atomic E-state index is 0. The van der Waals surface area contributed by atoms with Crippen LogP contribution in [0, 0.1) is 5.92 Å². The summed E-state index contributed by atoms with van der Waals surface area (Å²) in [6.45, 7) is 6.11. The van der Waals surface area contributed by atoms with Gasteiger partial charge in [-0.15, -0.1) is 12.4 Å². The Bertz CT molecular complexity index is 534. The number of amides is 4. The molecule has 0 radical (unpaired) electrons. The van der Waals surface area contributed by atoms with Crippen molar-refractivity contribution in [3.05, 3.63) is 0 Å². The van der Waals surface area contributed by atoms with Crippen molar-refractivity contribution in [1.82, 2.24) is 20.4 Å². The van der Waals surface area contributed by atoms with Crippen molar-refractivity contribution in [3.8, 4) is 0 Å². The molecule has 3 rings (SSSR count). The average Bonchev–Trinajstić information content (AvgIpc) is 2.80. The first-order chi connectivity index (χ1) is 11.5. The van der Waals surface area contributed by atoms with E-state index >= 15 is 0 Å². The molecule has 2 saturated heterocycles. The molecule has 4 amide bonds. The number of urea groups is 1. The minimum atomic E-state index is -0.766. The molecule has 0 aromatic rings. The summed E-state index contributed by atoms with van der Waals surface area (Å²) in [5.74, 6) is 0.280. The molecular formula is C17H29ClN4O3. The van der Waals surface area contributed by atoms with E-state index < -0.39 is 11.6 Å². The summed E-state index contributed by atoms with van der Waals surface area (Å²) in [6, 6.07) is -0.327. The second-order valence-corrected chi connectivity index (χ2v) is 7.40. The highest BCUT2D eigenvalue weighted by molar-refractivity contribution is 6.09. The molecule has 25 heavy (non-hydrogen) atoms. The van der Waals surface area contributed by atoms with Crippen molar-refractivity contribution in [1.29, 1.82) is 0 Å². The molecular weight excluding hydrogens is 344 g/mol. The van der Waals surface area contributed by atoms with Crippen LogP contribution in [0.3, 0.4) is 0 Å². The van der Waals surface area contributed by atoms with Gasteiger partial charge in [-0.05, 0) is 38.5 Å². The lowest BCUT2D eigenvalue weighted by atomic mass is 9.75. The van der Waals surface area contributed by atoms with Gasteiger partial charge < -0.3 is 15.5 Å². The van der Waals surface area contributed by atoms with E-state index in [1.165, 1.54) is 0 Å². The molecule has 1 atom stereocenters. The number of nitrogens with zero attached hydrogens (tertiary/aromatic N) is 2. The van der Waals surface area contributed by atoms with Crippen molar-refractivity contribution in [3.63, 3.8) is 0 Å². The molecule has 2 N–H and O–H groups in total. The van der Waals surface area contributed by atoms with Crippen LogP contribution < -0.4 is 10.6 Å². The molecule has 3 aliphatic rings. The molecule has 7 nitrogen and oxygen atoms in total. The molecule has 2 aliphatic heterocycles. The summed E-state index contributed by atoms with van der Waals surface area (Å²) in [5, 5.41) is 6.12. The van der Waals surface area contributed by atoms with E-state index in [9.17, 15) is 14.4 Å². The molecule has 0 aromatic heterocycles. The Morgan fingerprint density at radius 1 is 1.28 bits per heavy atom. The van der Waals surface area contributed by atoms with E-state index in [0.29, 0.717) is 25.3 Å². The molecule has 1 spiro atoms. The van der Waals surface area contributed by atoms with Gasteiger partial charge in [0, 0.05) is 25.7 Å². The summed E-state index contributed by atoms with van der Waals surface area (Å²) in [7, 11) is 0. The van der Waals surface area contributed by atoms with Gasteiger partial charge in [0.2, 0.25) is 5.91 Å². The van der Waals surface area contributed by atoms with Crippen LogP contribution in [0.5, 0.6) is 0 Å². The largest absolute Gasteiger partial charge is 0.336 e. The average molecular weight is 373 g/mol. The van der Waals surface area contributed by atoms with E-state index in [1.54, 1.807) is 4.90 Å². The maximum absolute atomic E-state index is 12.8. The lowest BCUT2D eigenvalue weighted by Crippen LogP contribution is -2.55. The monoisotopic (exact) mass is 372 g/mol. The molecule has 0 bridgehead atoms. The highest BCUT2D eigenvalue weighted by Gasteiger charge is 2.52. The highest BCUT2D eigenvalue weighted by Crippen LogP contribution is 2.37. The maximum Gasteiger partial charge on any atom is 0.325 e. The zero-order valence-electron chi connectivity index (χ0n) is 15.0. The Morgan fingerprint density at radius 2 is 1.96 bits per heavy atom. The SMILES string of the molecule is CCC1CCC2(CC1)NC(=O)N(CC(=O)N1CCNC[C@@H]1C)C2=O.Cl. The third-order valence-electron chi connectivity index (χ3n) is 5.90. The number of halogens is 1. The van der Waals surface area contributed by atoms with Crippen molar-refractivity contribution in [2.75, 3.05) is 26.2 Å². The maximum atomic E-state index is 12.8. The van der Waals surface area contributed by atoms with Crippen LogP contribution in [-0.4, -0.2) is 65.4 Å². The van der Waals surface area contributed by atoms with E-state index in [-0.39, 0.29) is 36.8 Å².